The van der Waals surface area contributed by atoms with Gasteiger partial charge >= 0.3 is 0 Å². The molecule has 1 fully saturated rings. The summed E-state index contributed by atoms with van der Waals surface area (Å²) in [7, 11) is 0. The third-order valence-corrected chi connectivity index (χ3v) is 3.53. The Hall–Kier alpha value is -0.600. The number of nitrogens with zero attached hydrogens (tertiary/aromatic N) is 1. The van der Waals surface area contributed by atoms with Gasteiger partial charge in [0.2, 0.25) is 0 Å². The van der Waals surface area contributed by atoms with Crippen LogP contribution >= 0.6 is 12.4 Å². The van der Waals surface area contributed by atoms with Gasteiger partial charge in [-0.25, -0.2) is 0 Å². The second kappa shape index (κ2) is 5.65. The smallest absolute Gasteiger partial charge is 0.0417 e. The molecule has 0 unspecified atom stereocenters. The monoisotopic (exact) mass is 240 g/mol. The highest BCUT2D eigenvalue weighted by atomic mass is 35.5. The average molecular weight is 241 g/mol. The first kappa shape index (κ1) is 13.5. The van der Waals surface area contributed by atoms with Gasteiger partial charge in [0, 0.05) is 24.0 Å². The molecule has 90 valence electrons. The first-order valence-electron chi connectivity index (χ1n) is 5.85. The summed E-state index contributed by atoms with van der Waals surface area (Å²) in [6.07, 6.45) is 7.22. The summed E-state index contributed by atoms with van der Waals surface area (Å²) in [5.74, 6) is 0. The lowest BCUT2D eigenvalue weighted by molar-refractivity contribution is 0.362. The average Bonchev–Trinajstić information content (AvgIpc) is 2.65. The highest BCUT2D eigenvalue weighted by Crippen LogP contribution is 2.29. The van der Waals surface area contributed by atoms with E-state index < -0.39 is 0 Å². The minimum absolute atomic E-state index is 0. The van der Waals surface area contributed by atoms with Crippen molar-refractivity contribution in [2.75, 3.05) is 0 Å². The molecule has 1 aliphatic rings. The molecule has 1 saturated carbocycles. The molecule has 1 N–H and O–H groups in total. The van der Waals surface area contributed by atoms with Crippen LogP contribution in [0.5, 0.6) is 0 Å². The molecule has 1 heterocycles. The standard InChI is InChI=1S/C13H20N2.ClH/c1-11-12(6-5-9-14-11)10-15-13(2)7-3-4-8-13;/h5-6,9,15H,3-4,7-8,10H2,1-2H3;1H. The van der Waals surface area contributed by atoms with Gasteiger partial charge in [-0.3, -0.25) is 4.98 Å². The molecule has 2 nitrogen and oxygen atoms in total. The van der Waals surface area contributed by atoms with Crippen LogP contribution in [-0.2, 0) is 6.54 Å². The molecule has 0 amide bonds. The maximum absolute atomic E-state index is 4.31. The van der Waals surface area contributed by atoms with E-state index in [4.69, 9.17) is 0 Å². The first-order chi connectivity index (χ1) is 7.20. The van der Waals surface area contributed by atoms with Crippen molar-refractivity contribution in [3.63, 3.8) is 0 Å². The van der Waals surface area contributed by atoms with Crippen LogP contribution in [-0.4, -0.2) is 10.5 Å². The molecule has 1 aliphatic carbocycles. The molecule has 0 spiro atoms. The van der Waals surface area contributed by atoms with Crippen LogP contribution in [0.4, 0.5) is 0 Å². The van der Waals surface area contributed by atoms with E-state index in [-0.39, 0.29) is 12.4 Å². The van der Waals surface area contributed by atoms with E-state index in [1.54, 1.807) is 0 Å². The summed E-state index contributed by atoms with van der Waals surface area (Å²) in [5.41, 5.74) is 2.83. The molecular weight excluding hydrogens is 220 g/mol. The zero-order valence-electron chi connectivity index (χ0n) is 10.1. The molecule has 3 heteroatoms. The number of hydrogen-bond donors (Lipinski definition) is 1. The minimum Gasteiger partial charge on any atom is -0.307 e. The Kier molecular flexibility index (Phi) is 4.75. The SMILES string of the molecule is Cc1ncccc1CNC1(C)CCCC1.Cl. The maximum atomic E-state index is 4.31. The van der Waals surface area contributed by atoms with Crippen molar-refractivity contribution in [2.45, 2.75) is 51.6 Å². The summed E-state index contributed by atoms with van der Waals surface area (Å²) in [6, 6.07) is 4.18. The van der Waals surface area contributed by atoms with E-state index in [9.17, 15) is 0 Å². The fraction of sp³-hybridized carbons (Fsp3) is 0.615. The summed E-state index contributed by atoms with van der Waals surface area (Å²) < 4.78 is 0. The third kappa shape index (κ3) is 3.19. The Morgan fingerprint density at radius 3 is 2.69 bits per heavy atom. The second-order valence-electron chi connectivity index (χ2n) is 4.87. The summed E-state index contributed by atoms with van der Waals surface area (Å²) >= 11 is 0. The van der Waals surface area contributed by atoms with Crippen molar-refractivity contribution in [1.29, 1.82) is 0 Å². The molecule has 1 aromatic heterocycles. The number of pyridine rings is 1. The highest BCUT2D eigenvalue weighted by molar-refractivity contribution is 5.85. The first-order valence-corrected chi connectivity index (χ1v) is 5.85. The predicted molar refractivity (Wildman–Crippen MR) is 69.9 cm³/mol. The topological polar surface area (TPSA) is 24.9 Å². The zero-order valence-corrected chi connectivity index (χ0v) is 10.9. The molecule has 0 aromatic carbocycles. The molecule has 16 heavy (non-hydrogen) atoms. The molecule has 1 aromatic rings. The van der Waals surface area contributed by atoms with Crippen LogP contribution in [0.2, 0.25) is 0 Å². The Bertz CT molecular complexity index is 332. The highest BCUT2D eigenvalue weighted by Gasteiger charge is 2.27. The molecule has 0 aliphatic heterocycles. The molecule has 2 rings (SSSR count). The van der Waals surface area contributed by atoms with Crippen LogP contribution in [0.25, 0.3) is 0 Å². The van der Waals surface area contributed by atoms with E-state index in [0.717, 1.165) is 12.2 Å². The summed E-state index contributed by atoms with van der Waals surface area (Å²) in [6.45, 7) is 5.37. The third-order valence-electron chi connectivity index (χ3n) is 3.53. The van der Waals surface area contributed by atoms with Crippen molar-refractivity contribution < 1.29 is 0 Å². The van der Waals surface area contributed by atoms with E-state index >= 15 is 0 Å². The molecule has 0 radical (unpaired) electrons. The lowest BCUT2D eigenvalue weighted by Gasteiger charge is -2.25. The Balaban J connectivity index is 0.00000128. The van der Waals surface area contributed by atoms with Crippen LogP contribution in [0.15, 0.2) is 18.3 Å². The molecular formula is C13H21ClN2. The fourth-order valence-electron chi connectivity index (χ4n) is 2.35. The Labute approximate surface area is 104 Å². The van der Waals surface area contributed by atoms with Crippen LogP contribution in [0, 0.1) is 6.92 Å². The van der Waals surface area contributed by atoms with E-state index in [2.05, 4.69) is 30.2 Å². The van der Waals surface area contributed by atoms with Gasteiger partial charge in [-0.05, 0) is 38.3 Å². The van der Waals surface area contributed by atoms with Gasteiger partial charge in [0.15, 0.2) is 0 Å². The van der Waals surface area contributed by atoms with Crippen LogP contribution in [0.3, 0.4) is 0 Å². The van der Waals surface area contributed by atoms with Crippen LogP contribution < -0.4 is 5.32 Å². The van der Waals surface area contributed by atoms with E-state index in [1.165, 1.54) is 31.2 Å². The summed E-state index contributed by atoms with van der Waals surface area (Å²) in [4.78, 5) is 4.31. The lowest BCUT2D eigenvalue weighted by Crippen LogP contribution is -2.38. The second-order valence-corrected chi connectivity index (χ2v) is 4.87. The quantitative estimate of drug-likeness (QED) is 0.878. The van der Waals surface area contributed by atoms with E-state index in [1.807, 2.05) is 12.3 Å². The number of aromatic nitrogens is 1. The van der Waals surface area contributed by atoms with Gasteiger partial charge in [0.05, 0.1) is 0 Å². The summed E-state index contributed by atoms with van der Waals surface area (Å²) in [5, 5.41) is 3.68. The predicted octanol–water partition coefficient (Wildman–Crippen LogP) is 3.23. The van der Waals surface area contributed by atoms with Crippen molar-refractivity contribution in [1.82, 2.24) is 10.3 Å². The van der Waals surface area contributed by atoms with Crippen molar-refractivity contribution in [2.24, 2.45) is 0 Å². The van der Waals surface area contributed by atoms with Gasteiger partial charge in [0.1, 0.15) is 0 Å². The van der Waals surface area contributed by atoms with Crippen LogP contribution in [0.1, 0.15) is 43.9 Å². The number of rotatable bonds is 3. The minimum atomic E-state index is 0. The number of halogens is 1. The van der Waals surface area contributed by atoms with Crippen molar-refractivity contribution in [3.8, 4) is 0 Å². The molecule has 0 saturated heterocycles. The lowest BCUT2D eigenvalue weighted by atomic mass is 10.0. The van der Waals surface area contributed by atoms with Gasteiger partial charge in [-0.2, -0.15) is 0 Å². The largest absolute Gasteiger partial charge is 0.307 e. The molecule has 0 atom stereocenters. The number of nitrogens with one attached hydrogen (secondary N) is 1. The number of hydrogen-bond acceptors (Lipinski definition) is 2. The van der Waals surface area contributed by atoms with Crippen molar-refractivity contribution in [3.05, 3.63) is 29.6 Å². The molecule has 0 bridgehead atoms. The zero-order chi connectivity index (χ0) is 10.7. The maximum Gasteiger partial charge on any atom is 0.0417 e. The van der Waals surface area contributed by atoms with E-state index in [0.29, 0.717) is 5.54 Å². The van der Waals surface area contributed by atoms with Crippen molar-refractivity contribution >= 4 is 12.4 Å². The van der Waals surface area contributed by atoms with Gasteiger partial charge in [-0.15, -0.1) is 12.4 Å². The van der Waals surface area contributed by atoms with Gasteiger partial charge < -0.3 is 5.32 Å². The Morgan fingerprint density at radius 2 is 2.06 bits per heavy atom. The fourth-order valence-corrected chi connectivity index (χ4v) is 2.35. The Morgan fingerprint density at radius 1 is 1.38 bits per heavy atom. The van der Waals surface area contributed by atoms with Gasteiger partial charge in [0.25, 0.3) is 0 Å². The number of aryl methyl sites for hydroxylation is 1. The van der Waals surface area contributed by atoms with Gasteiger partial charge in [-0.1, -0.05) is 18.9 Å². The normalized spacial score (nSPS) is 18.1.